The van der Waals surface area contributed by atoms with Crippen LogP contribution >= 0.6 is 0 Å². The minimum absolute atomic E-state index is 0.0868. The van der Waals surface area contributed by atoms with E-state index < -0.39 is 0 Å². The second kappa shape index (κ2) is 9.94. The zero-order valence-corrected chi connectivity index (χ0v) is 16.6. The maximum atomic E-state index is 11.8. The van der Waals surface area contributed by atoms with Gasteiger partial charge >= 0.3 is 0 Å². The number of aliphatic imine (C=N–C) groups is 1. The zero-order chi connectivity index (χ0) is 19.8. The highest BCUT2D eigenvalue weighted by molar-refractivity contribution is 5.94. The molecule has 0 spiro atoms. The van der Waals surface area contributed by atoms with E-state index in [9.17, 15) is 4.79 Å². The van der Waals surface area contributed by atoms with E-state index in [4.69, 9.17) is 4.42 Å². The van der Waals surface area contributed by atoms with E-state index in [1.165, 1.54) is 12.8 Å². The lowest BCUT2D eigenvalue weighted by Gasteiger charge is -2.26. The van der Waals surface area contributed by atoms with E-state index in [0.717, 1.165) is 30.4 Å². The van der Waals surface area contributed by atoms with Gasteiger partial charge in [0.1, 0.15) is 5.76 Å². The van der Waals surface area contributed by atoms with Crippen LogP contribution in [0.15, 0.2) is 52.1 Å². The number of rotatable bonds is 7. The summed E-state index contributed by atoms with van der Waals surface area (Å²) >= 11 is 0. The molecule has 1 aromatic heterocycles. The van der Waals surface area contributed by atoms with Gasteiger partial charge in [-0.2, -0.15) is 0 Å². The second-order valence-corrected chi connectivity index (χ2v) is 6.86. The summed E-state index contributed by atoms with van der Waals surface area (Å²) in [7, 11) is 3.39. The summed E-state index contributed by atoms with van der Waals surface area (Å²) in [4.78, 5) is 18.6. The molecule has 28 heavy (non-hydrogen) atoms. The number of nitrogens with one attached hydrogen (secondary N) is 3. The van der Waals surface area contributed by atoms with Gasteiger partial charge in [0.15, 0.2) is 5.96 Å². The molecule has 1 saturated heterocycles. The Hall–Kier alpha value is -2.80. The van der Waals surface area contributed by atoms with Gasteiger partial charge in [-0.05, 0) is 55.8 Å². The molecule has 1 amide bonds. The van der Waals surface area contributed by atoms with Gasteiger partial charge in [0, 0.05) is 32.7 Å². The average Bonchev–Trinajstić information content (AvgIpc) is 3.45. The summed E-state index contributed by atoms with van der Waals surface area (Å²) in [5, 5.41) is 9.38. The predicted molar refractivity (Wildman–Crippen MR) is 110 cm³/mol. The predicted octanol–water partition coefficient (Wildman–Crippen LogP) is 2.14. The van der Waals surface area contributed by atoms with Crippen LogP contribution in [0.4, 0.5) is 0 Å². The molecule has 1 aliphatic heterocycles. The number of nitrogens with zero attached hydrogens (tertiary/aromatic N) is 2. The standard InChI is InChI=1S/C21H29N5O2/c1-22-20(27)17-8-5-7-16(13-17)14-24-21(23-2)25-15-18(19-9-6-12-28-19)26-10-3-4-11-26/h5-9,12-13,18H,3-4,10-11,14-15H2,1-2H3,(H,22,27)(H2,23,24,25). The van der Waals surface area contributed by atoms with Gasteiger partial charge in [-0.15, -0.1) is 0 Å². The molecular weight excluding hydrogens is 354 g/mol. The van der Waals surface area contributed by atoms with Gasteiger partial charge < -0.3 is 20.4 Å². The summed E-state index contributed by atoms with van der Waals surface area (Å²) in [6.07, 6.45) is 4.18. The highest BCUT2D eigenvalue weighted by Crippen LogP contribution is 2.24. The van der Waals surface area contributed by atoms with Crippen molar-refractivity contribution >= 4 is 11.9 Å². The molecule has 2 aromatic rings. The van der Waals surface area contributed by atoms with Crippen LogP contribution in [0, 0.1) is 0 Å². The molecule has 3 rings (SSSR count). The Bertz CT molecular complexity index is 782. The van der Waals surface area contributed by atoms with Crippen molar-refractivity contribution in [2.75, 3.05) is 33.7 Å². The van der Waals surface area contributed by atoms with E-state index in [1.807, 2.05) is 30.3 Å². The van der Waals surface area contributed by atoms with Crippen LogP contribution in [0.5, 0.6) is 0 Å². The smallest absolute Gasteiger partial charge is 0.251 e. The molecule has 0 radical (unpaired) electrons. The molecule has 0 aliphatic carbocycles. The normalized spacial score (nSPS) is 16.0. The lowest BCUT2D eigenvalue weighted by molar-refractivity contribution is 0.0963. The summed E-state index contributed by atoms with van der Waals surface area (Å²) < 4.78 is 5.67. The molecule has 7 nitrogen and oxygen atoms in total. The summed E-state index contributed by atoms with van der Waals surface area (Å²) in [5.41, 5.74) is 1.67. The maximum Gasteiger partial charge on any atom is 0.251 e. The van der Waals surface area contributed by atoms with E-state index in [0.29, 0.717) is 18.7 Å². The third-order valence-electron chi connectivity index (χ3n) is 5.02. The van der Waals surface area contributed by atoms with Crippen LogP contribution < -0.4 is 16.0 Å². The monoisotopic (exact) mass is 383 g/mol. The lowest BCUT2D eigenvalue weighted by Crippen LogP contribution is -2.42. The average molecular weight is 383 g/mol. The first-order chi connectivity index (χ1) is 13.7. The Kier molecular flexibility index (Phi) is 7.08. The van der Waals surface area contributed by atoms with Gasteiger partial charge in [0.05, 0.1) is 12.3 Å². The zero-order valence-electron chi connectivity index (χ0n) is 16.6. The van der Waals surface area contributed by atoms with Crippen LogP contribution in [0.2, 0.25) is 0 Å². The number of furan rings is 1. The lowest BCUT2D eigenvalue weighted by atomic mass is 10.1. The first kappa shape index (κ1) is 19.9. The molecule has 3 N–H and O–H groups in total. The molecule has 150 valence electrons. The van der Waals surface area contributed by atoms with Crippen LogP contribution in [-0.4, -0.2) is 50.5 Å². The van der Waals surface area contributed by atoms with Crippen molar-refractivity contribution in [1.82, 2.24) is 20.9 Å². The van der Waals surface area contributed by atoms with Crippen molar-refractivity contribution < 1.29 is 9.21 Å². The Morgan fingerprint density at radius 3 is 2.71 bits per heavy atom. The van der Waals surface area contributed by atoms with Crippen molar-refractivity contribution in [2.45, 2.75) is 25.4 Å². The molecule has 0 bridgehead atoms. The van der Waals surface area contributed by atoms with Gasteiger partial charge in [-0.25, -0.2) is 0 Å². The molecule has 1 aromatic carbocycles. The van der Waals surface area contributed by atoms with Gasteiger partial charge in [-0.3, -0.25) is 14.7 Å². The number of benzene rings is 1. The number of guanidine groups is 1. The Morgan fingerprint density at radius 1 is 1.21 bits per heavy atom. The molecule has 1 fully saturated rings. The maximum absolute atomic E-state index is 11.8. The quantitative estimate of drug-likeness (QED) is 0.504. The highest BCUT2D eigenvalue weighted by Gasteiger charge is 2.25. The minimum atomic E-state index is -0.0868. The van der Waals surface area contributed by atoms with E-state index in [1.54, 1.807) is 26.4 Å². The number of amides is 1. The van der Waals surface area contributed by atoms with Crippen molar-refractivity contribution in [1.29, 1.82) is 0 Å². The Morgan fingerprint density at radius 2 is 2.04 bits per heavy atom. The topological polar surface area (TPSA) is 81.9 Å². The van der Waals surface area contributed by atoms with Crippen molar-refractivity contribution in [3.05, 3.63) is 59.5 Å². The fourth-order valence-corrected chi connectivity index (χ4v) is 3.51. The van der Waals surface area contributed by atoms with E-state index in [-0.39, 0.29) is 11.9 Å². The largest absolute Gasteiger partial charge is 0.468 e. The second-order valence-electron chi connectivity index (χ2n) is 6.86. The molecule has 1 atom stereocenters. The number of carbonyl (C=O) groups excluding carboxylic acids is 1. The minimum Gasteiger partial charge on any atom is -0.468 e. The van der Waals surface area contributed by atoms with E-state index in [2.05, 4.69) is 25.8 Å². The van der Waals surface area contributed by atoms with Gasteiger partial charge in [0.2, 0.25) is 0 Å². The summed E-state index contributed by atoms with van der Waals surface area (Å²) in [6.45, 7) is 3.47. The SMILES string of the molecule is CN=C(NCc1cccc(C(=O)NC)c1)NCC(c1ccco1)N1CCCC1. The number of likely N-dealkylation sites (tertiary alicyclic amines) is 1. The first-order valence-corrected chi connectivity index (χ1v) is 9.74. The number of hydrogen-bond acceptors (Lipinski definition) is 4. The molecule has 2 heterocycles. The third-order valence-corrected chi connectivity index (χ3v) is 5.02. The van der Waals surface area contributed by atoms with Crippen LogP contribution in [0.3, 0.4) is 0 Å². The van der Waals surface area contributed by atoms with E-state index >= 15 is 0 Å². The van der Waals surface area contributed by atoms with Crippen molar-refractivity contribution in [2.24, 2.45) is 4.99 Å². The fourth-order valence-electron chi connectivity index (χ4n) is 3.51. The summed E-state index contributed by atoms with van der Waals surface area (Å²) in [6, 6.07) is 11.7. The summed E-state index contributed by atoms with van der Waals surface area (Å²) in [5.74, 6) is 1.61. The van der Waals surface area contributed by atoms with Crippen LogP contribution in [0.1, 0.15) is 40.6 Å². The van der Waals surface area contributed by atoms with Gasteiger partial charge in [-0.1, -0.05) is 12.1 Å². The van der Waals surface area contributed by atoms with Crippen LogP contribution in [-0.2, 0) is 6.54 Å². The molecule has 1 unspecified atom stereocenters. The first-order valence-electron chi connectivity index (χ1n) is 9.74. The molecule has 1 aliphatic rings. The van der Waals surface area contributed by atoms with Gasteiger partial charge in [0.25, 0.3) is 5.91 Å². The fraction of sp³-hybridized carbons (Fsp3) is 0.429. The number of carbonyl (C=O) groups is 1. The van der Waals surface area contributed by atoms with Crippen LogP contribution in [0.25, 0.3) is 0 Å². The third kappa shape index (κ3) is 5.13. The van der Waals surface area contributed by atoms with Crippen molar-refractivity contribution in [3.63, 3.8) is 0 Å². The molecular formula is C21H29N5O2. The molecule has 0 saturated carbocycles. The Balaban J connectivity index is 1.57. The number of hydrogen-bond donors (Lipinski definition) is 3. The molecule has 7 heteroatoms. The highest BCUT2D eigenvalue weighted by atomic mass is 16.3. The van der Waals surface area contributed by atoms with Crippen molar-refractivity contribution in [3.8, 4) is 0 Å². The Labute approximate surface area is 166 Å².